The summed E-state index contributed by atoms with van der Waals surface area (Å²) in [4.78, 5) is 13.5. The SMILES string of the molecule is COc1cccc(C=c2sc3nnc(-c4cccc(C)c4)n3c2=O)c1. The zero-order chi connectivity index (χ0) is 17.4. The molecule has 0 amide bonds. The second-order valence-electron chi connectivity index (χ2n) is 5.70. The Morgan fingerprint density at radius 1 is 1.12 bits per heavy atom. The fraction of sp³-hybridized carbons (Fsp3) is 0.105. The molecule has 4 rings (SSSR count). The second-order valence-corrected chi connectivity index (χ2v) is 6.71. The van der Waals surface area contributed by atoms with E-state index in [1.165, 1.54) is 11.3 Å². The summed E-state index contributed by atoms with van der Waals surface area (Å²) < 4.78 is 7.43. The Morgan fingerprint density at radius 3 is 2.76 bits per heavy atom. The van der Waals surface area contributed by atoms with E-state index in [1.54, 1.807) is 11.5 Å². The van der Waals surface area contributed by atoms with Crippen molar-refractivity contribution < 1.29 is 4.74 Å². The molecule has 2 aromatic carbocycles. The Hall–Kier alpha value is -2.99. The highest BCUT2D eigenvalue weighted by molar-refractivity contribution is 7.15. The second kappa shape index (κ2) is 6.14. The van der Waals surface area contributed by atoms with E-state index >= 15 is 0 Å². The van der Waals surface area contributed by atoms with E-state index in [9.17, 15) is 4.79 Å². The van der Waals surface area contributed by atoms with Crippen molar-refractivity contribution in [1.82, 2.24) is 14.6 Å². The van der Waals surface area contributed by atoms with Crippen molar-refractivity contribution in [3.8, 4) is 17.1 Å². The van der Waals surface area contributed by atoms with Crippen molar-refractivity contribution in [1.29, 1.82) is 0 Å². The Kier molecular flexibility index (Phi) is 3.82. The molecule has 0 saturated heterocycles. The summed E-state index contributed by atoms with van der Waals surface area (Å²) in [6.07, 6.45) is 1.85. The van der Waals surface area contributed by atoms with Gasteiger partial charge in [0.1, 0.15) is 5.75 Å². The molecular weight excluding hydrogens is 334 g/mol. The number of fused-ring (bicyclic) bond motifs is 1. The first kappa shape index (κ1) is 15.5. The van der Waals surface area contributed by atoms with Crippen molar-refractivity contribution in [2.45, 2.75) is 6.92 Å². The number of thiazole rings is 1. The molecule has 0 fully saturated rings. The van der Waals surface area contributed by atoms with E-state index in [0.717, 1.165) is 22.4 Å². The molecule has 0 aliphatic heterocycles. The van der Waals surface area contributed by atoms with Gasteiger partial charge in [-0.1, -0.05) is 47.2 Å². The van der Waals surface area contributed by atoms with Crippen LogP contribution in [0, 0.1) is 6.92 Å². The number of hydrogen-bond donors (Lipinski definition) is 0. The third kappa shape index (κ3) is 2.81. The molecule has 2 heterocycles. The molecule has 0 radical (unpaired) electrons. The molecular formula is C19H15N3O2S. The number of rotatable bonds is 3. The molecule has 0 aliphatic carbocycles. The summed E-state index contributed by atoms with van der Waals surface area (Å²) in [6.45, 7) is 2.01. The monoisotopic (exact) mass is 349 g/mol. The molecule has 0 saturated carbocycles. The first-order valence-electron chi connectivity index (χ1n) is 7.76. The zero-order valence-electron chi connectivity index (χ0n) is 13.8. The van der Waals surface area contributed by atoms with E-state index in [2.05, 4.69) is 10.2 Å². The number of nitrogens with zero attached hydrogens (tertiary/aromatic N) is 3. The van der Waals surface area contributed by atoms with Crippen LogP contribution >= 0.6 is 11.3 Å². The van der Waals surface area contributed by atoms with E-state index < -0.39 is 0 Å². The minimum atomic E-state index is -0.107. The maximum absolute atomic E-state index is 12.9. The molecule has 6 heteroatoms. The van der Waals surface area contributed by atoms with Gasteiger partial charge in [0.25, 0.3) is 5.56 Å². The minimum absolute atomic E-state index is 0.107. The Morgan fingerprint density at radius 2 is 1.96 bits per heavy atom. The van der Waals surface area contributed by atoms with Crippen LogP contribution in [0.15, 0.2) is 53.3 Å². The van der Waals surface area contributed by atoms with Gasteiger partial charge >= 0.3 is 0 Å². The van der Waals surface area contributed by atoms with E-state index in [1.807, 2.05) is 61.5 Å². The molecule has 0 aliphatic rings. The van der Waals surface area contributed by atoms with Crippen LogP contribution < -0.4 is 14.8 Å². The molecule has 5 nitrogen and oxygen atoms in total. The molecule has 0 spiro atoms. The Labute approximate surface area is 147 Å². The van der Waals surface area contributed by atoms with Crippen LogP contribution in [0.3, 0.4) is 0 Å². The summed E-state index contributed by atoms with van der Waals surface area (Å²) in [5.74, 6) is 1.33. The lowest BCUT2D eigenvalue weighted by Gasteiger charge is -1.99. The predicted octanol–water partition coefficient (Wildman–Crippen LogP) is 2.68. The standard InChI is InChI=1S/C19H15N3O2S/c1-12-5-3-7-14(9-12)17-20-21-19-22(17)18(23)16(25-19)11-13-6-4-8-15(10-13)24-2/h3-11H,1-2H3. The molecule has 0 unspecified atom stereocenters. The summed E-state index contributed by atoms with van der Waals surface area (Å²) in [6, 6.07) is 15.5. The smallest absolute Gasteiger partial charge is 0.276 e. The normalized spacial score (nSPS) is 12.0. The van der Waals surface area contributed by atoms with Gasteiger partial charge in [0.05, 0.1) is 11.6 Å². The van der Waals surface area contributed by atoms with Gasteiger partial charge < -0.3 is 4.74 Å². The van der Waals surface area contributed by atoms with Gasteiger partial charge in [0.2, 0.25) is 4.96 Å². The maximum Gasteiger partial charge on any atom is 0.276 e. The van der Waals surface area contributed by atoms with Gasteiger partial charge in [-0.05, 0) is 36.8 Å². The minimum Gasteiger partial charge on any atom is -0.497 e. The van der Waals surface area contributed by atoms with Gasteiger partial charge in [-0.2, -0.15) is 0 Å². The molecule has 0 atom stereocenters. The van der Waals surface area contributed by atoms with Crippen LogP contribution in [0.25, 0.3) is 22.4 Å². The van der Waals surface area contributed by atoms with Crippen LogP contribution in [0.4, 0.5) is 0 Å². The van der Waals surface area contributed by atoms with Gasteiger partial charge in [-0.3, -0.25) is 4.79 Å². The largest absolute Gasteiger partial charge is 0.497 e. The quantitative estimate of drug-likeness (QED) is 0.571. The van der Waals surface area contributed by atoms with E-state index in [-0.39, 0.29) is 5.56 Å². The maximum atomic E-state index is 12.9. The Balaban J connectivity index is 1.89. The third-order valence-electron chi connectivity index (χ3n) is 3.92. The highest BCUT2D eigenvalue weighted by atomic mass is 32.1. The highest BCUT2D eigenvalue weighted by Crippen LogP contribution is 2.19. The fourth-order valence-electron chi connectivity index (χ4n) is 2.72. The fourth-order valence-corrected chi connectivity index (χ4v) is 3.63. The zero-order valence-corrected chi connectivity index (χ0v) is 14.6. The summed E-state index contributed by atoms with van der Waals surface area (Å²) >= 11 is 1.33. The molecule has 0 N–H and O–H groups in total. The molecule has 124 valence electrons. The van der Waals surface area contributed by atoms with Crippen LogP contribution in [-0.2, 0) is 0 Å². The summed E-state index contributed by atoms with van der Waals surface area (Å²) in [5.41, 5.74) is 2.80. The van der Waals surface area contributed by atoms with Crippen molar-refractivity contribution in [2.75, 3.05) is 7.11 Å². The molecule has 4 aromatic rings. The number of methoxy groups -OCH3 is 1. The third-order valence-corrected chi connectivity index (χ3v) is 4.88. The van der Waals surface area contributed by atoms with Gasteiger partial charge in [0.15, 0.2) is 5.82 Å². The average molecular weight is 349 g/mol. The van der Waals surface area contributed by atoms with Crippen LogP contribution in [-0.4, -0.2) is 21.7 Å². The number of hydrogen-bond acceptors (Lipinski definition) is 5. The summed E-state index contributed by atoms with van der Waals surface area (Å²) in [7, 11) is 1.62. The van der Waals surface area contributed by atoms with Gasteiger partial charge in [0, 0.05) is 5.56 Å². The van der Waals surface area contributed by atoms with E-state index in [0.29, 0.717) is 15.3 Å². The van der Waals surface area contributed by atoms with Crippen molar-refractivity contribution in [3.05, 3.63) is 74.5 Å². The van der Waals surface area contributed by atoms with Crippen LogP contribution in [0.2, 0.25) is 0 Å². The lowest BCUT2D eigenvalue weighted by atomic mass is 10.1. The van der Waals surface area contributed by atoms with Crippen molar-refractivity contribution in [2.24, 2.45) is 0 Å². The van der Waals surface area contributed by atoms with Gasteiger partial charge in [-0.25, -0.2) is 4.40 Å². The summed E-state index contributed by atoms with van der Waals surface area (Å²) in [5, 5.41) is 8.36. The lowest BCUT2D eigenvalue weighted by Crippen LogP contribution is -2.23. The topological polar surface area (TPSA) is 56.5 Å². The van der Waals surface area contributed by atoms with Gasteiger partial charge in [-0.15, -0.1) is 10.2 Å². The van der Waals surface area contributed by atoms with Crippen LogP contribution in [0.5, 0.6) is 5.75 Å². The molecule has 2 aromatic heterocycles. The number of aryl methyl sites for hydroxylation is 1. The first-order valence-corrected chi connectivity index (χ1v) is 8.58. The van der Waals surface area contributed by atoms with E-state index in [4.69, 9.17) is 4.74 Å². The number of benzene rings is 2. The number of ether oxygens (including phenoxy) is 1. The first-order chi connectivity index (χ1) is 12.2. The molecule has 0 bridgehead atoms. The highest BCUT2D eigenvalue weighted by Gasteiger charge is 2.14. The van der Waals surface area contributed by atoms with Crippen molar-refractivity contribution >= 4 is 22.4 Å². The Bertz CT molecular complexity index is 1180. The molecule has 25 heavy (non-hydrogen) atoms. The predicted molar refractivity (Wildman–Crippen MR) is 99.1 cm³/mol. The van der Waals surface area contributed by atoms with Crippen LogP contribution in [0.1, 0.15) is 11.1 Å². The lowest BCUT2D eigenvalue weighted by molar-refractivity contribution is 0.414. The number of aromatic nitrogens is 3. The average Bonchev–Trinajstić information content (AvgIpc) is 3.16. The van der Waals surface area contributed by atoms with Crippen molar-refractivity contribution in [3.63, 3.8) is 0 Å².